The summed E-state index contributed by atoms with van der Waals surface area (Å²) < 4.78 is 4.88. The van der Waals surface area contributed by atoms with E-state index in [-0.39, 0.29) is 37.4 Å². The van der Waals surface area contributed by atoms with Crippen LogP contribution < -0.4 is 0 Å². The van der Waals surface area contributed by atoms with Crippen molar-refractivity contribution in [3.8, 4) is 11.8 Å². The lowest BCUT2D eigenvalue weighted by Gasteiger charge is -2.21. The Kier molecular flexibility index (Phi) is 6.10. The van der Waals surface area contributed by atoms with Crippen molar-refractivity contribution in [2.75, 3.05) is 26.8 Å². The van der Waals surface area contributed by atoms with Gasteiger partial charge in [-0.3, -0.25) is 14.9 Å². The van der Waals surface area contributed by atoms with E-state index in [1.54, 1.807) is 0 Å². The van der Waals surface area contributed by atoms with Crippen LogP contribution in [0, 0.1) is 21.4 Å². The monoisotopic (exact) mass is 293 g/mol. The molecule has 0 aliphatic rings. The van der Waals surface area contributed by atoms with Crippen LogP contribution in [0.2, 0.25) is 0 Å². The number of rotatable bonds is 7. The van der Waals surface area contributed by atoms with Crippen LogP contribution >= 0.6 is 0 Å². The van der Waals surface area contributed by atoms with Crippen LogP contribution in [0.3, 0.4) is 0 Å². The molecular formula is C13H15N3O5. The van der Waals surface area contributed by atoms with Gasteiger partial charge in [0.05, 0.1) is 24.0 Å². The van der Waals surface area contributed by atoms with Crippen molar-refractivity contribution < 1.29 is 19.6 Å². The van der Waals surface area contributed by atoms with Crippen LogP contribution in [0.15, 0.2) is 18.2 Å². The van der Waals surface area contributed by atoms with Gasteiger partial charge in [-0.15, -0.1) is 0 Å². The Labute approximate surface area is 121 Å². The molecule has 0 aromatic heterocycles. The van der Waals surface area contributed by atoms with Crippen molar-refractivity contribution in [3.63, 3.8) is 0 Å². The minimum Gasteiger partial charge on any atom is -0.508 e. The zero-order valence-corrected chi connectivity index (χ0v) is 11.5. The molecule has 0 radical (unpaired) electrons. The third-order valence-corrected chi connectivity index (χ3v) is 2.75. The second kappa shape index (κ2) is 7.81. The molecule has 1 aromatic carbocycles. The lowest BCUT2D eigenvalue weighted by molar-refractivity contribution is -0.385. The number of methoxy groups -OCH3 is 1. The smallest absolute Gasteiger partial charge is 0.282 e. The number of hydrogen-bond donors (Lipinski definition) is 1. The second-order valence-electron chi connectivity index (χ2n) is 4.15. The van der Waals surface area contributed by atoms with Gasteiger partial charge in [-0.2, -0.15) is 5.26 Å². The SMILES string of the molecule is COCCN(CCC#N)C(=O)c1cc(O)ccc1[N+](=O)[O-]. The number of hydrogen-bond acceptors (Lipinski definition) is 6. The molecule has 112 valence electrons. The average molecular weight is 293 g/mol. The summed E-state index contributed by atoms with van der Waals surface area (Å²) in [6.07, 6.45) is 0.0993. The number of ether oxygens (including phenoxy) is 1. The molecule has 0 bridgehead atoms. The van der Waals surface area contributed by atoms with Crippen LogP contribution in [0.5, 0.6) is 5.75 Å². The van der Waals surface area contributed by atoms with Crippen molar-refractivity contribution in [1.29, 1.82) is 5.26 Å². The Morgan fingerprint density at radius 3 is 2.81 bits per heavy atom. The number of nitriles is 1. The maximum absolute atomic E-state index is 12.4. The number of nitrogens with zero attached hydrogens (tertiary/aromatic N) is 3. The molecule has 0 aliphatic heterocycles. The topological polar surface area (TPSA) is 117 Å². The van der Waals surface area contributed by atoms with Gasteiger partial charge in [0.2, 0.25) is 0 Å². The molecule has 1 N–H and O–H groups in total. The normalized spacial score (nSPS) is 9.90. The lowest BCUT2D eigenvalue weighted by Crippen LogP contribution is -2.35. The van der Waals surface area contributed by atoms with Gasteiger partial charge < -0.3 is 14.7 Å². The maximum atomic E-state index is 12.4. The minimum absolute atomic E-state index is 0.0993. The van der Waals surface area contributed by atoms with E-state index in [9.17, 15) is 20.0 Å². The van der Waals surface area contributed by atoms with E-state index in [1.165, 1.54) is 12.0 Å². The van der Waals surface area contributed by atoms with E-state index in [2.05, 4.69) is 0 Å². The summed E-state index contributed by atoms with van der Waals surface area (Å²) in [7, 11) is 1.46. The largest absolute Gasteiger partial charge is 0.508 e. The molecule has 0 aliphatic carbocycles. The highest BCUT2D eigenvalue weighted by atomic mass is 16.6. The number of phenols is 1. The quantitative estimate of drug-likeness (QED) is 0.598. The number of benzene rings is 1. The van der Waals surface area contributed by atoms with Crippen molar-refractivity contribution >= 4 is 11.6 Å². The number of nitro benzene ring substituents is 1. The van der Waals surface area contributed by atoms with Crippen molar-refractivity contribution in [2.45, 2.75) is 6.42 Å². The Bertz CT molecular complexity index is 567. The molecule has 0 spiro atoms. The van der Waals surface area contributed by atoms with E-state index in [1.807, 2.05) is 6.07 Å². The van der Waals surface area contributed by atoms with E-state index in [4.69, 9.17) is 10.00 Å². The van der Waals surface area contributed by atoms with Crippen LogP contribution in [-0.2, 0) is 4.74 Å². The highest BCUT2D eigenvalue weighted by Crippen LogP contribution is 2.24. The third kappa shape index (κ3) is 4.43. The van der Waals surface area contributed by atoms with Gasteiger partial charge in [0.15, 0.2) is 0 Å². The fourth-order valence-corrected chi connectivity index (χ4v) is 1.73. The van der Waals surface area contributed by atoms with Crippen LogP contribution in [-0.4, -0.2) is 47.6 Å². The predicted octanol–water partition coefficient (Wildman–Crippen LogP) is 1.30. The Hall–Kier alpha value is -2.66. The molecule has 0 unspecified atom stereocenters. The second-order valence-corrected chi connectivity index (χ2v) is 4.15. The minimum atomic E-state index is -0.689. The highest BCUT2D eigenvalue weighted by Gasteiger charge is 2.25. The van der Waals surface area contributed by atoms with Gasteiger partial charge in [0.25, 0.3) is 11.6 Å². The molecule has 0 atom stereocenters. The third-order valence-electron chi connectivity index (χ3n) is 2.75. The molecule has 8 nitrogen and oxygen atoms in total. The molecule has 1 aromatic rings. The summed E-state index contributed by atoms with van der Waals surface area (Å²) in [5, 5.41) is 29.0. The summed E-state index contributed by atoms with van der Waals surface area (Å²) in [5.74, 6) is -0.860. The van der Waals surface area contributed by atoms with Crippen LogP contribution in [0.4, 0.5) is 5.69 Å². The first-order valence-electron chi connectivity index (χ1n) is 6.13. The van der Waals surface area contributed by atoms with Crippen molar-refractivity contribution in [3.05, 3.63) is 33.9 Å². The number of nitro groups is 1. The molecule has 1 amide bonds. The number of carbonyl (C=O) groups is 1. The lowest BCUT2D eigenvalue weighted by atomic mass is 10.1. The first-order chi connectivity index (χ1) is 10.0. The molecular weight excluding hydrogens is 278 g/mol. The fraction of sp³-hybridized carbons (Fsp3) is 0.385. The van der Waals surface area contributed by atoms with E-state index >= 15 is 0 Å². The zero-order valence-electron chi connectivity index (χ0n) is 11.5. The summed E-state index contributed by atoms with van der Waals surface area (Å²) in [6, 6.07) is 5.17. The predicted molar refractivity (Wildman–Crippen MR) is 72.8 cm³/mol. The summed E-state index contributed by atoms with van der Waals surface area (Å²) in [6.45, 7) is 0.569. The van der Waals surface area contributed by atoms with Crippen LogP contribution in [0.1, 0.15) is 16.8 Å². The van der Waals surface area contributed by atoms with E-state index < -0.39 is 16.5 Å². The van der Waals surface area contributed by atoms with Gasteiger partial charge in [-0.1, -0.05) is 0 Å². The first kappa shape index (κ1) is 16.4. The Morgan fingerprint density at radius 1 is 1.52 bits per heavy atom. The van der Waals surface area contributed by atoms with Gasteiger partial charge in [0.1, 0.15) is 11.3 Å². The van der Waals surface area contributed by atoms with Gasteiger partial charge >= 0.3 is 0 Å². The highest BCUT2D eigenvalue weighted by molar-refractivity contribution is 5.98. The number of amides is 1. The Balaban J connectivity index is 3.09. The van der Waals surface area contributed by atoms with Crippen molar-refractivity contribution in [1.82, 2.24) is 4.90 Å². The number of aromatic hydroxyl groups is 1. The van der Waals surface area contributed by atoms with E-state index in [0.29, 0.717) is 0 Å². The standard InChI is InChI=1S/C13H15N3O5/c1-21-8-7-15(6-2-5-14)13(18)11-9-10(17)3-4-12(11)16(19)20/h3-4,9,17H,2,6-8H2,1H3. The molecule has 0 heterocycles. The molecule has 1 rings (SSSR count). The molecule has 0 fully saturated rings. The maximum Gasteiger partial charge on any atom is 0.282 e. The molecule has 0 saturated heterocycles. The van der Waals surface area contributed by atoms with E-state index in [0.717, 1.165) is 18.2 Å². The van der Waals surface area contributed by atoms with Gasteiger partial charge in [0, 0.05) is 26.3 Å². The van der Waals surface area contributed by atoms with Gasteiger partial charge in [-0.05, 0) is 12.1 Å². The molecule has 8 heteroatoms. The zero-order chi connectivity index (χ0) is 15.8. The number of phenolic OH excluding ortho intramolecular Hbond substituents is 1. The molecule has 21 heavy (non-hydrogen) atoms. The van der Waals surface area contributed by atoms with Crippen LogP contribution in [0.25, 0.3) is 0 Å². The average Bonchev–Trinajstić information content (AvgIpc) is 2.46. The first-order valence-corrected chi connectivity index (χ1v) is 6.13. The van der Waals surface area contributed by atoms with Crippen molar-refractivity contribution in [2.24, 2.45) is 0 Å². The summed E-state index contributed by atoms with van der Waals surface area (Å²) in [4.78, 5) is 23.9. The number of carbonyl (C=O) groups excluding carboxylic acids is 1. The molecule has 0 saturated carbocycles. The summed E-state index contributed by atoms with van der Waals surface area (Å²) in [5.41, 5.74) is -0.605. The fourth-order valence-electron chi connectivity index (χ4n) is 1.73. The van der Waals surface area contributed by atoms with Gasteiger partial charge in [-0.25, -0.2) is 0 Å². The summed E-state index contributed by atoms with van der Waals surface area (Å²) >= 11 is 0. The Morgan fingerprint density at radius 2 is 2.24 bits per heavy atom.